The molecular formula is C13H13N3O4S. The first-order valence-electron chi connectivity index (χ1n) is 5.85. The van der Waals surface area contributed by atoms with Gasteiger partial charge in [0.1, 0.15) is 4.90 Å². The highest BCUT2D eigenvalue weighted by Crippen LogP contribution is 2.22. The van der Waals surface area contributed by atoms with Gasteiger partial charge in [-0.05, 0) is 30.3 Å². The van der Waals surface area contributed by atoms with Gasteiger partial charge in [0.2, 0.25) is 0 Å². The van der Waals surface area contributed by atoms with Crippen molar-refractivity contribution in [1.82, 2.24) is 4.98 Å². The predicted molar refractivity (Wildman–Crippen MR) is 77.2 cm³/mol. The van der Waals surface area contributed by atoms with E-state index in [9.17, 15) is 13.2 Å². The molecule has 1 aromatic heterocycles. The zero-order chi connectivity index (χ0) is 15.5. The summed E-state index contributed by atoms with van der Waals surface area (Å²) in [7, 11) is -2.63. The van der Waals surface area contributed by atoms with Gasteiger partial charge in [0.25, 0.3) is 10.0 Å². The summed E-state index contributed by atoms with van der Waals surface area (Å²) in [6.07, 6.45) is 2.90. The van der Waals surface area contributed by atoms with Crippen LogP contribution in [-0.2, 0) is 14.8 Å². The minimum absolute atomic E-state index is 0.0470. The van der Waals surface area contributed by atoms with E-state index in [2.05, 4.69) is 14.4 Å². The zero-order valence-electron chi connectivity index (χ0n) is 11.1. The lowest BCUT2D eigenvalue weighted by Crippen LogP contribution is -2.15. The Morgan fingerprint density at radius 1 is 1.33 bits per heavy atom. The molecule has 110 valence electrons. The van der Waals surface area contributed by atoms with Crippen LogP contribution in [0.3, 0.4) is 0 Å². The normalized spacial score (nSPS) is 10.9. The van der Waals surface area contributed by atoms with Crippen LogP contribution >= 0.6 is 0 Å². The highest BCUT2D eigenvalue weighted by atomic mass is 32.2. The second kappa shape index (κ2) is 5.80. The van der Waals surface area contributed by atoms with Crippen molar-refractivity contribution in [3.05, 3.63) is 48.3 Å². The van der Waals surface area contributed by atoms with Crippen LogP contribution in [0.4, 0.5) is 11.4 Å². The second-order valence-corrected chi connectivity index (χ2v) is 5.74. The lowest BCUT2D eigenvalue weighted by atomic mass is 10.2. The molecule has 2 rings (SSSR count). The molecule has 0 saturated carbocycles. The quantitative estimate of drug-likeness (QED) is 0.649. The van der Waals surface area contributed by atoms with E-state index in [0.29, 0.717) is 5.69 Å². The zero-order valence-corrected chi connectivity index (χ0v) is 11.9. The first kappa shape index (κ1) is 14.8. The molecule has 3 N–H and O–H groups in total. The van der Waals surface area contributed by atoms with Crippen LogP contribution in [0.5, 0.6) is 0 Å². The number of hydrogen-bond donors (Lipinski definition) is 2. The summed E-state index contributed by atoms with van der Waals surface area (Å²) in [5, 5.41) is 0. The van der Waals surface area contributed by atoms with Crippen molar-refractivity contribution in [1.29, 1.82) is 0 Å². The average Bonchev–Trinajstić information content (AvgIpc) is 2.46. The van der Waals surface area contributed by atoms with Crippen molar-refractivity contribution in [3.8, 4) is 0 Å². The number of nitrogens with zero attached hydrogens (tertiary/aromatic N) is 1. The smallest absolute Gasteiger partial charge is 0.337 e. The number of ether oxygens (including phenoxy) is 1. The van der Waals surface area contributed by atoms with Gasteiger partial charge in [-0.25, -0.2) is 13.2 Å². The molecule has 0 fully saturated rings. The maximum Gasteiger partial charge on any atom is 0.337 e. The molecule has 0 aliphatic carbocycles. The number of anilines is 2. The third-order valence-corrected chi connectivity index (χ3v) is 4.09. The van der Waals surface area contributed by atoms with Gasteiger partial charge in [-0.15, -0.1) is 0 Å². The minimum atomic E-state index is -3.86. The van der Waals surface area contributed by atoms with E-state index in [1.165, 1.54) is 37.7 Å². The van der Waals surface area contributed by atoms with Crippen LogP contribution in [0, 0.1) is 0 Å². The SMILES string of the molecule is COC(=O)c1ccc(S(=O)(=O)Nc2cccnc2)c(N)c1. The molecule has 0 radical (unpaired) electrons. The summed E-state index contributed by atoms with van der Waals surface area (Å²) in [5.41, 5.74) is 6.15. The van der Waals surface area contributed by atoms with Gasteiger partial charge >= 0.3 is 5.97 Å². The summed E-state index contributed by atoms with van der Waals surface area (Å²) in [6, 6.07) is 7.00. The first-order chi connectivity index (χ1) is 9.94. The van der Waals surface area contributed by atoms with Crippen molar-refractivity contribution in [3.63, 3.8) is 0 Å². The van der Waals surface area contributed by atoms with Crippen molar-refractivity contribution in [2.45, 2.75) is 4.90 Å². The molecule has 7 nitrogen and oxygen atoms in total. The number of pyridine rings is 1. The lowest BCUT2D eigenvalue weighted by Gasteiger charge is -2.10. The molecular weight excluding hydrogens is 294 g/mol. The fourth-order valence-corrected chi connectivity index (χ4v) is 2.83. The van der Waals surface area contributed by atoms with Crippen LogP contribution in [0.15, 0.2) is 47.6 Å². The fraction of sp³-hybridized carbons (Fsp3) is 0.0769. The van der Waals surface area contributed by atoms with E-state index < -0.39 is 16.0 Å². The largest absolute Gasteiger partial charge is 0.465 e. The number of aromatic nitrogens is 1. The number of sulfonamides is 1. The third kappa shape index (κ3) is 3.29. The van der Waals surface area contributed by atoms with Crippen LogP contribution < -0.4 is 10.5 Å². The maximum atomic E-state index is 12.2. The molecule has 21 heavy (non-hydrogen) atoms. The van der Waals surface area contributed by atoms with Crippen molar-refractivity contribution >= 4 is 27.4 Å². The monoisotopic (exact) mass is 307 g/mol. The van der Waals surface area contributed by atoms with E-state index in [1.54, 1.807) is 12.1 Å². The van der Waals surface area contributed by atoms with E-state index in [4.69, 9.17) is 5.73 Å². The van der Waals surface area contributed by atoms with Gasteiger partial charge < -0.3 is 10.5 Å². The van der Waals surface area contributed by atoms with Crippen LogP contribution in [0.2, 0.25) is 0 Å². The number of rotatable bonds is 4. The molecule has 8 heteroatoms. The Labute approximate surface area is 121 Å². The Hall–Kier alpha value is -2.61. The van der Waals surface area contributed by atoms with Crippen molar-refractivity contribution < 1.29 is 17.9 Å². The number of hydrogen-bond acceptors (Lipinski definition) is 6. The molecule has 0 atom stereocenters. The topological polar surface area (TPSA) is 111 Å². The van der Waals surface area contributed by atoms with E-state index in [0.717, 1.165) is 0 Å². The molecule has 0 aliphatic rings. The fourth-order valence-electron chi connectivity index (χ4n) is 1.67. The van der Waals surface area contributed by atoms with Gasteiger partial charge in [0.15, 0.2) is 0 Å². The van der Waals surface area contributed by atoms with Gasteiger partial charge in [-0.2, -0.15) is 0 Å². The molecule has 0 bridgehead atoms. The number of nitrogen functional groups attached to an aromatic ring is 1. The van der Waals surface area contributed by atoms with Gasteiger partial charge in [0, 0.05) is 6.20 Å². The lowest BCUT2D eigenvalue weighted by molar-refractivity contribution is 0.0600. The summed E-state index contributed by atoms with van der Waals surface area (Å²) >= 11 is 0. The maximum absolute atomic E-state index is 12.2. The number of nitrogens with two attached hydrogens (primary N) is 1. The number of methoxy groups -OCH3 is 1. The standard InChI is InChI=1S/C13H13N3O4S/c1-20-13(17)9-4-5-12(11(14)7-9)21(18,19)16-10-3-2-6-15-8-10/h2-8,16H,14H2,1H3. The summed E-state index contributed by atoms with van der Waals surface area (Å²) in [6.45, 7) is 0. The molecule has 2 aromatic rings. The molecule has 0 unspecified atom stereocenters. The Bertz CT molecular complexity index is 760. The van der Waals surface area contributed by atoms with Crippen LogP contribution in [-0.4, -0.2) is 26.5 Å². The Morgan fingerprint density at radius 2 is 2.10 bits per heavy atom. The van der Waals surface area contributed by atoms with Crippen molar-refractivity contribution in [2.24, 2.45) is 0 Å². The van der Waals surface area contributed by atoms with Crippen molar-refractivity contribution in [2.75, 3.05) is 17.6 Å². The summed E-state index contributed by atoms with van der Waals surface area (Å²) < 4.78 is 31.4. The number of carbonyl (C=O) groups excluding carboxylic acids is 1. The first-order valence-corrected chi connectivity index (χ1v) is 7.33. The molecule has 1 aromatic carbocycles. The number of carbonyl (C=O) groups is 1. The van der Waals surface area contributed by atoms with Gasteiger partial charge in [0.05, 0.1) is 30.2 Å². The molecule has 0 saturated heterocycles. The summed E-state index contributed by atoms with van der Waals surface area (Å²) in [5.74, 6) is -0.592. The summed E-state index contributed by atoms with van der Waals surface area (Å²) in [4.78, 5) is 15.1. The second-order valence-electron chi connectivity index (χ2n) is 4.09. The van der Waals surface area contributed by atoms with Gasteiger partial charge in [-0.1, -0.05) is 0 Å². The van der Waals surface area contributed by atoms with E-state index in [-0.39, 0.29) is 16.1 Å². The number of benzene rings is 1. The molecule has 0 amide bonds. The van der Waals surface area contributed by atoms with E-state index >= 15 is 0 Å². The Balaban J connectivity index is 2.35. The van der Waals surface area contributed by atoms with Crippen LogP contribution in [0.25, 0.3) is 0 Å². The Kier molecular flexibility index (Phi) is 4.08. The third-order valence-electron chi connectivity index (χ3n) is 2.63. The molecule has 1 heterocycles. The van der Waals surface area contributed by atoms with Gasteiger partial charge in [-0.3, -0.25) is 9.71 Å². The molecule has 0 spiro atoms. The van der Waals surface area contributed by atoms with Crippen LogP contribution in [0.1, 0.15) is 10.4 Å². The minimum Gasteiger partial charge on any atom is -0.465 e. The number of nitrogens with one attached hydrogen (secondary N) is 1. The average molecular weight is 307 g/mol. The highest BCUT2D eigenvalue weighted by Gasteiger charge is 2.19. The highest BCUT2D eigenvalue weighted by molar-refractivity contribution is 7.92. The molecule has 0 aliphatic heterocycles. The number of esters is 1. The van der Waals surface area contributed by atoms with E-state index in [1.807, 2.05) is 0 Å². The Morgan fingerprint density at radius 3 is 2.67 bits per heavy atom. The predicted octanol–water partition coefficient (Wildman–Crippen LogP) is 1.25.